The summed E-state index contributed by atoms with van der Waals surface area (Å²) in [7, 11) is 1.00. The van der Waals surface area contributed by atoms with Gasteiger partial charge < -0.3 is 10.3 Å². The minimum atomic E-state index is 0.000319. The second-order valence-corrected chi connectivity index (χ2v) is 12.8. The summed E-state index contributed by atoms with van der Waals surface area (Å²) in [4.78, 5) is 0. The fourth-order valence-electron chi connectivity index (χ4n) is 10.3. The van der Waals surface area contributed by atoms with Gasteiger partial charge in [0.05, 0.1) is 17.2 Å². The molecule has 0 aromatic heterocycles. The van der Waals surface area contributed by atoms with E-state index in [1.165, 1.54) is 51.4 Å². The molecule has 5 saturated carbocycles. The van der Waals surface area contributed by atoms with Crippen molar-refractivity contribution in [3.63, 3.8) is 0 Å². The molecule has 4 heteroatoms. The van der Waals surface area contributed by atoms with Crippen LogP contribution in [0.2, 0.25) is 0 Å². The van der Waals surface area contributed by atoms with Crippen LogP contribution in [0.25, 0.3) is 0 Å². The lowest BCUT2D eigenvalue weighted by atomic mass is 9.33. The molecule has 0 radical (unpaired) electrons. The first-order chi connectivity index (χ1) is 17.2. The van der Waals surface area contributed by atoms with Crippen molar-refractivity contribution < 1.29 is 10.3 Å². The Balaban J connectivity index is 0.000000596. The first-order valence-corrected chi connectivity index (χ1v) is 14.8. The number of hydrogen-bond acceptors (Lipinski definition) is 4. The zero-order chi connectivity index (χ0) is 27.4. The summed E-state index contributed by atoms with van der Waals surface area (Å²) in [6.45, 7) is 19.4. The summed E-state index contributed by atoms with van der Waals surface area (Å²) in [5, 5.41) is 30.3. The molecule has 9 atom stereocenters. The normalized spacial score (nSPS) is 47.3. The smallest absolute Gasteiger partial charge is 0.0692 e. The third-order valence-corrected chi connectivity index (χ3v) is 12.1. The topological polar surface area (TPSA) is 76.6 Å². The van der Waals surface area contributed by atoms with Gasteiger partial charge in [-0.05, 0) is 111 Å². The van der Waals surface area contributed by atoms with E-state index in [-0.39, 0.29) is 5.41 Å². The van der Waals surface area contributed by atoms with Crippen LogP contribution in [-0.4, -0.2) is 23.1 Å². The van der Waals surface area contributed by atoms with Gasteiger partial charge in [-0.3, -0.25) is 0 Å². The molecule has 5 fully saturated rings. The Kier molecular flexibility index (Phi) is 10.3. The van der Waals surface area contributed by atoms with E-state index < -0.39 is 0 Å². The second kappa shape index (κ2) is 12.0. The standard InChI is InChI=1S/C26H40N2O.C3H6.C2H6.CH4O/c1-17-18-9-13-25(4)22(23(18,2)12-10-21(17)28-29)8-7-19-20-6-5-11-26(20,16-27)15-14-24(19,25)3;1-3-2;2*1-2/h17-20,22,29H,5-15H2,1-4H3;3H,1H2,2H3;1-2H3;2H,1H3/b28-21+;;;/t17?,18?,19?,20?,22?,23?,24-,25?,26?;;;/m1.../s1. The largest absolute Gasteiger partial charge is 0.411 e. The van der Waals surface area contributed by atoms with Crippen molar-refractivity contribution >= 4 is 5.71 Å². The number of oxime groups is 1. The van der Waals surface area contributed by atoms with E-state index in [9.17, 15) is 10.5 Å². The van der Waals surface area contributed by atoms with Gasteiger partial charge in [-0.2, -0.15) is 5.26 Å². The fourth-order valence-corrected chi connectivity index (χ4v) is 10.3. The molecule has 0 aromatic rings. The van der Waals surface area contributed by atoms with Crippen molar-refractivity contribution in [2.75, 3.05) is 7.11 Å². The molecule has 0 heterocycles. The molecule has 5 aliphatic rings. The molecule has 0 aromatic carbocycles. The van der Waals surface area contributed by atoms with E-state index in [4.69, 9.17) is 5.11 Å². The average molecular weight is 501 g/mol. The van der Waals surface area contributed by atoms with Gasteiger partial charge in [0.1, 0.15) is 0 Å². The van der Waals surface area contributed by atoms with Crippen molar-refractivity contribution in [1.82, 2.24) is 0 Å². The number of rotatable bonds is 0. The SMILES string of the molecule is C=CC.CC.CC1/C(=N/O)CCC2(C)C1CCC1(C)C2CCC2C3CCCC3(C#N)CC[C@]21C.CO. The van der Waals surface area contributed by atoms with Crippen LogP contribution >= 0.6 is 0 Å². The Labute approximate surface area is 222 Å². The lowest BCUT2D eigenvalue weighted by molar-refractivity contribution is -0.215. The number of fused-ring (bicyclic) bond motifs is 7. The average Bonchev–Trinajstić information content (AvgIpc) is 3.32. The zero-order valence-electron chi connectivity index (χ0n) is 24.7. The summed E-state index contributed by atoms with van der Waals surface area (Å²) in [5.74, 6) is 3.24. The number of aliphatic hydroxyl groups is 1. The van der Waals surface area contributed by atoms with Gasteiger partial charge >= 0.3 is 0 Å². The van der Waals surface area contributed by atoms with Crippen molar-refractivity contribution in [2.24, 2.45) is 56.4 Å². The van der Waals surface area contributed by atoms with E-state index in [0.717, 1.165) is 43.9 Å². The minimum Gasteiger partial charge on any atom is -0.411 e. The van der Waals surface area contributed by atoms with Crippen LogP contribution in [0, 0.1) is 62.6 Å². The van der Waals surface area contributed by atoms with Crippen molar-refractivity contribution in [2.45, 2.75) is 119 Å². The number of aliphatic hydroxyl groups excluding tert-OH is 1. The maximum absolute atomic E-state index is 10.1. The molecule has 5 aliphatic carbocycles. The Hall–Kier alpha value is -1.34. The predicted octanol–water partition coefficient (Wildman–Crippen LogP) is 8.63. The van der Waals surface area contributed by atoms with Crippen molar-refractivity contribution in [3.8, 4) is 6.07 Å². The molecule has 0 bridgehead atoms. The molecular weight excluding hydrogens is 444 g/mol. The summed E-state index contributed by atoms with van der Waals surface area (Å²) >= 11 is 0. The third-order valence-electron chi connectivity index (χ3n) is 12.1. The van der Waals surface area contributed by atoms with Gasteiger partial charge in [-0.25, -0.2) is 0 Å². The number of allylic oxidation sites excluding steroid dienone is 1. The first-order valence-electron chi connectivity index (χ1n) is 14.8. The number of hydrogen-bond donors (Lipinski definition) is 2. The van der Waals surface area contributed by atoms with Crippen molar-refractivity contribution in [1.29, 1.82) is 5.26 Å². The van der Waals surface area contributed by atoms with E-state index in [1.807, 2.05) is 20.8 Å². The highest BCUT2D eigenvalue weighted by atomic mass is 16.4. The monoisotopic (exact) mass is 500 g/mol. The van der Waals surface area contributed by atoms with E-state index in [2.05, 4.69) is 45.5 Å². The molecule has 0 aliphatic heterocycles. The Morgan fingerprint density at radius 2 is 1.56 bits per heavy atom. The van der Waals surface area contributed by atoms with Crippen LogP contribution in [0.5, 0.6) is 0 Å². The highest BCUT2D eigenvalue weighted by Crippen LogP contribution is 2.75. The van der Waals surface area contributed by atoms with Crippen LogP contribution in [0.3, 0.4) is 0 Å². The summed E-state index contributed by atoms with van der Waals surface area (Å²) < 4.78 is 0. The van der Waals surface area contributed by atoms with E-state index in [0.29, 0.717) is 34.0 Å². The van der Waals surface area contributed by atoms with Gasteiger partial charge in [0, 0.05) is 13.0 Å². The van der Waals surface area contributed by atoms with Gasteiger partial charge in [0.25, 0.3) is 0 Å². The van der Waals surface area contributed by atoms with Gasteiger partial charge in [0.2, 0.25) is 0 Å². The van der Waals surface area contributed by atoms with Gasteiger partial charge in [-0.15, -0.1) is 6.58 Å². The van der Waals surface area contributed by atoms with Crippen LogP contribution in [-0.2, 0) is 0 Å². The van der Waals surface area contributed by atoms with Crippen LogP contribution in [0.4, 0.5) is 0 Å². The third kappa shape index (κ3) is 4.46. The Bertz CT molecular complexity index is 817. The Morgan fingerprint density at radius 1 is 0.917 bits per heavy atom. The minimum absolute atomic E-state index is 0.000319. The van der Waals surface area contributed by atoms with Gasteiger partial charge in [0.15, 0.2) is 0 Å². The second-order valence-electron chi connectivity index (χ2n) is 12.8. The molecule has 0 spiro atoms. The van der Waals surface area contributed by atoms with Crippen LogP contribution in [0.1, 0.15) is 119 Å². The fraction of sp³-hybridized carbons (Fsp3) is 0.875. The molecule has 2 N–H and O–H groups in total. The molecule has 4 nitrogen and oxygen atoms in total. The van der Waals surface area contributed by atoms with Crippen LogP contribution in [0.15, 0.2) is 17.8 Å². The molecule has 8 unspecified atom stereocenters. The summed E-state index contributed by atoms with van der Waals surface area (Å²) in [6, 6.07) is 2.85. The first kappa shape index (κ1) is 30.9. The zero-order valence-corrected chi connectivity index (χ0v) is 24.7. The van der Waals surface area contributed by atoms with E-state index in [1.54, 1.807) is 6.08 Å². The predicted molar refractivity (Wildman–Crippen MR) is 151 cm³/mol. The highest BCUT2D eigenvalue weighted by molar-refractivity contribution is 5.87. The van der Waals surface area contributed by atoms with Crippen molar-refractivity contribution in [3.05, 3.63) is 12.7 Å². The Morgan fingerprint density at radius 3 is 2.14 bits per heavy atom. The summed E-state index contributed by atoms with van der Waals surface area (Å²) in [5.41, 5.74) is 2.18. The molecule has 0 amide bonds. The number of nitriles is 1. The lowest BCUT2D eigenvalue weighted by Gasteiger charge is -2.71. The quantitative estimate of drug-likeness (QED) is 0.198. The molecular formula is C32H56N2O2. The molecule has 0 saturated heterocycles. The maximum atomic E-state index is 10.1. The molecule has 36 heavy (non-hydrogen) atoms. The van der Waals surface area contributed by atoms with Crippen LogP contribution < -0.4 is 0 Å². The highest BCUT2D eigenvalue weighted by Gasteiger charge is 2.68. The maximum Gasteiger partial charge on any atom is 0.0692 e. The lowest BCUT2D eigenvalue weighted by Crippen LogP contribution is -2.64. The van der Waals surface area contributed by atoms with E-state index >= 15 is 0 Å². The van der Waals surface area contributed by atoms with Gasteiger partial charge in [-0.1, -0.05) is 59.2 Å². The summed E-state index contributed by atoms with van der Waals surface area (Å²) in [6.07, 6.45) is 15.3. The number of nitrogens with zero attached hydrogens (tertiary/aromatic N) is 2. The molecule has 206 valence electrons. The molecule has 5 rings (SSSR count).